The number of carboxylic acids is 1. The molecule has 0 heterocycles. The maximum absolute atomic E-state index is 10.3. The first-order valence-corrected chi connectivity index (χ1v) is 8.71. The first-order valence-electron chi connectivity index (χ1n) is 8.71. The highest BCUT2D eigenvalue weighted by molar-refractivity contribution is 5.66. The third-order valence-corrected chi connectivity index (χ3v) is 3.74. The van der Waals surface area contributed by atoms with Gasteiger partial charge in [-0.15, -0.1) is 0 Å². The van der Waals surface area contributed by atoms with Crippen LogP contribution in [-0.2, 0) is 4.79 Å². The second kappa shape index (κ2) is 15.6. The molecule has 0 radical (unpaired) electrons. The number of hydrogen-bond donors (Lipinski definition) is 2. The number of allylic oxidation sites excluding steroid dienone is 2. The van der Waals surface area contributed by atoms with Crippen molar-refractivity contribution >= 4 is 5.97 Å². The summed E-state index contributed by atoms with van der Waals surface area (Å²) in [4.78, 5) is 10.3. The molecule has 1 unspecified atom stereocenters. The summed E-state index contributed by atoms with van der Waals surface area (Å²) in [5.74, 6) is -0.701. The van der Waals surface area contributed by atoms with E-state index in [9.17, 15) is 9.90 Å². The van der Waals surface area contributed by atoms with Crippen molar-refractivity contribution in [1.29, 1.82) is 0 Å². The van der Waals surface area contributed by atoms with Gasteiger partial charge in [-0.3, -0.25) is 4.79 Å². The zero-order valence-electron chi connectivity index (χ0n) is 13.7. The van der Waals surface area contributed by atoms with Crippen LogP contribution in [0.1, 0.15) is 90.4 Å². The second-order valence-electron chi connectivity index (χ2n) is 5.90. The van der Waals surface area contributed by atoms with Gasteiger partial charge in [0, 0.05) is 6.42 Å². The van der Waals surface area contributed by atoms with Gasteiger partial charge in [0.25, 0.3) is 0 Å². The smallest absolute Gasteiger partial charge is 0.303 e. The summed E-state index contributed by atoms with van der Waals surface area (Å²) >= 11 is 0. The molecule has 0 saturated carbocycles. The van der Waals surface area contributed by atoms with Crippen LogP contribution in [-0.4, -0.2) is 22.3 Å². The van der Waals surface area contributed by atoms with Crippen molar-refractivity contribution in [1.82, 2.24) is 0 Å². The molecule has 0 amide bonds. The lowest BCUT2D eigenvalue weighted by Gasteiger charge is -2.08. The molecule has 0 saturated heterocycles. The zero-order valence-corrected chi connectivity index (χ0v) is 13.7. The lowest BCUT2D eigenvalue weighted by Crippen LogP contribution is -2.05. The zero-order chi connectivity index (χ0) is 15.8. The van der Waals surface area contributed by atoms with Crippen LogP contribution in [0.15, 0.2) is 12.2 Å². The maximum Gasteiger partial charge on any atom is 0.303 e. The molecule has 0 aliphatic heterocycles. The number of carbonyl (C=O) groups is 1. The summed E-state index contributed by atoms with van der Waals surface area (Å²) in [6, 6.07) is 0. The SMILES string of the molecule is CCCCC/C=C/CCC(O)CCCCCCCC(=O)O. The number of carboxylic acid groups (broad SMARTS) is 1. The van der Waals surface area contributed by atoms with E-state index in [0.29, 0.717) is 0 Å². The van der Waals surface area contributed by atoms with Crippen LogP contribution in [0.4, 0.5) is 0 Å². The minimum atomic E-state index is -0.701. The first-order chi connectivity index (χ1) is 10.2. The number of aliphatic carboxylic acids is 1. The molecule has 2 N–H and O–H groups in total. The van der Waals surface area contributed by atoms with Crippen molar-refractivity contribution in [3.05, 3.63) is 12.2 Å². The Labute approximate surface area is 130 Å². The van der Waals surface area contributed by atoms with Crippen LogP contribution < -0.4 is 0 Å². The fraction of sp³-hybridized carbons (Fsp3) is 0.833. The average Bonchev–Trinajstić information content (AvgIpc) is 2.45. The molecule has 0 aliphatic carbocycles. The van der Waals surface area contributed by atoms with Crippen LogP contribution >= 0.6 is 0 Å². The van der Waals surface area contributed by atoms with Crippen LogP contribution in [0.25, 0.3) is 0 Å². The molecule has 0 aliphatic rings. The van der Waals surface area contributed by atoms with E-state index in [-0.39, 0.29) is 12.5 Å². The number of rotatable bonds is 15. The largest absolute Gasteiger partial charge is 0.481 e. The minimum Gasteiger partial charge on any atom is -0.481 e. The van der Waals surface area contributed by atoms with Gasteiger partial charge in [0.1, 0.15) is 0 Å². The van der Waals surface area contributed by atoms with Crippen LogP contribution in [0.3, 0.4) is 0 Å². The van der Waals surface area contributed by atoms with Crippen LogP contribution in [0.2, 0.25) is 0 Å². The van der Waals surface area contributed by atoms with Gasteiger partial charge in [0.05, 0.1) is 6.10 Å². The highest BCUT2D eigenvalue weighted by Crippen LogP contribution is 2.12. The van der Waals surface area contributed by atoms with E-state index in [4.69, 9.17) is 5.11 Å². The van der Waals surface area contributed by atoms with Crippen LogP contribution in [0, 0.1) is 0 Å². The Morgan fingerprint density at radius 1 is 0.905 bits per heavy atom. The summed E-state index contributed by atoms with van der Waals surface area (Å²) < 4.78 is 0. The third kappa shape index (κ3) is 17.1. The molecular formula is C18H34O3. The lowest BCUT2D eigenvalue weighted by atomic mass is 10.0. The molecule has 0 bridgehead atoms. The highest BCUT2D eigenvalue weighted by atomic mass is 16.4. The Morgan fingerprint density at radius 2 is 1.57 bits per heavy atom. The van der Waals surface area contributed by atoms with Crippen molar-refractivity contribution in [3.63, 3.8) is 0 Å². The van der Waals surface area contributed by atoms with Gasteiger partial charge in [0.2, 0.25) is 0 Å². The molecular weight excluding hydrogens is 264 g/mol. The fourth-order valence-corrected chi connectivity index (χ4v) is 2.37. The molecule has 0 aromatic heterocycles. The molecule has 0 aromatic carbocycles. The Hall–Kier alpha value is -0.830. The van der Waals surface area contributed by atoms with E-state index in [1.807, 2.05) is 0 Å². The topological polar surface area (TPSA) is 57.5 Å². The number of unbranched alkanes of at least 4 members (excludes halogenated alkanes) is 7. The Morgan fingerprint density at radius 3 is 2.29 bits per heavy atom. The predicted octanol–water partition coefficient (Wildman–Crippen LogP) is 5.08. The molecule has 0 aromatic rings. The average molecular weight is 298 g/mol. The van der Waals surface area contributed by atoms with E-state index in [1.165, 1.54) is 25.7 Å². The Bertz CT molecular complexity index is 261. The van der Waals surface area contributed by atoms with Gasteiger partial charge >= 0.3 is 5.97 Å². The van der Waals surface area contributed by atoms with Gasteiger partial charge in [-0.25, -0.2) is 0 Å². The fourth-order valence-electron chi connectivity index (χ4n) is 2.37. The summed E-state index contributed by atoms with van der Waals surface area (Å²) in [7, 11) is 0. The molecule has 3 heteroatoms. The Balaban J connectivity index is 3.26. The van der Waals surface area contributed by atoms with E-state index < -0.39 is 5.97 Å². The number of hydrogen-bond acceptors (Lipinski definition) is 2. The number of aliphatic hydroxyl groups excluding tert-OH is 1. The van der Waals surface area contributed by atoms with E-state index in [0.717, 1.165) is 51.4 Å². The third-order valence-electron chi connectivity index (χ3n) is 3.74. The molecule has 3 nitrogen and oxygen atoms in total. The van der Waals surface area contributed by atoms with Crippen molar-refractivity contribution < 1.29 is 15.0 Å². The lowest BCUT2D eigenvalue weighted by molar-refractivity contribution is -0.137. The van der Waals surface area contributed by atoms with Crippen molar-refractivity contribution in [3.8, 4) is 0 Å². The normalized spacial score (nSPS) is 12.9. The monoisotopic (exact) mass is 298 g/mol. The molecule has 1 atom stereocenters. The van der Waals surface area contributed by atoms with Gasteiger partial charge in [0.15, 0.2) is 0 Å². The van der Waals surface area contributed by atoms with Crippen LogP contribution in [0.5, 0.6) is 0 Å². The molecule has 0 fully saturated rings. The summed E-state index contributed by atoms with van der Waals surface area (Å²) in [5, 5.41) is 18.4. The summed E-state index contributed by atoms with van der Waals surface area (Å²) in [6.07, 6.45) is 17.3. The van der Waals surface area contributed by atoms with Gasteiger partial charge in [-0.2, -0.15) is 0 Å². The second-order valence-corrected chi connectivity index (χ2v) is 5.90. The van der Waals surface area contributed by atoms with E-state index >= 15 is 0 Å². The molecule has 0 rings (SSSR count). The first kappa shape index (κ1) is 20.2. The van der Waals surface area contributed by atoms with Crippen molar-refractivity contribution in [2.24, 2.45) is 0 Å². The van der Waals surface area contributed by atoms with Gasteiger partial charge in [-0.1, -0.05) is 57.6 Å². The van der Waals surface area contributed by atoms with E-state index in [2.05, 4.69) is 19.1 Å². The number of aliphatic hydroxyl groups is 1. The minimum absolute atomic E-state index is 0.177. The molecule has 124 valence electrons. The summed E-state index contributed by atoms with van der Waals surface area (Å²) in [6.45, 7) is 2.21. The highest BCUT2D eigenvalue weighted by Gasteiger charge is 2.02. The van der Waals surface area contributed by atoms with Crippen molar-refractivity contribution in [2.45, 2.75) is 96.5 Å². The predicted molar refractivity (Wildman–Crippen MR) is 88.5 cm³/mol. The molecule has 21 heavy (non-hydrogen) atoms. The Kier molecular flexibility index (Phi) is 14.9. The standard InChI is InChI=1S/C18H34O3/c1-2-3-4-5-6-8-11-14-17(19)15-12-9-7-10-13-16-18(20)21/h6,8,17,19H,2-5,7,9-16H2,1H3,(H,20,21)/b8-6+. The molecule has 0 spiro atoms. The van der Waals surface area contributed by atoms with E-state index in [1.54, 1.807) is 0 Å². The van der Waals surface area contributed by atoms with Gasteiger partial charge in [-0.05, 0) is 38.5 Å². The van der Waals surface area contributed by atoms with Gasteiger partial charge < -0.3 is 10.2 Å². The maximum atomic E-state index is 10.3. The summed E-state index contributed by atoms with van der Waals surface area (Å²) in [5.41, 5.74) is 0. The quantitative estimate of drug-likeness (QED) is 0.327. The van der Waals surface area contributed by atoms with Crippen molar-refractivity contribution in [2.75, 3.05) is 0 Å².